The molecule has 0 saturated heterocycles. The molecule has 16 heavy (non-hydrogen) atoms. The predicted molar refractivity (Wildman–Crippen MR) is 69.2 cm³/mol. The third kappa shape index (κ3) is 2.65. The Bertz CT molecular complexity index is 291. The maximum Gasteiger partial charge on any atom is 0.0587 e. The molecule has 0 amide bonds. The third-order valence-electron chi connectivity index (χ3n) is 3.55. The van der Waals surface area contributed by atoms with Crippen molar-refractivity contribution in [1.82, 2.24) is 5.32 Å². The Labute approximate surface area is 102 Å². The number of ether oxygens (including phenoxy) is 1. The standard InChI is InChI=1S/C13H21NOS/c1-15-9-8-14-11-13(6-2-3-7-13)12-5-4-10-16-12/h4-5,10,14H,2-3,6-9,11H2,1H3. The number of rotatable bonds is 6. The second-order valence-electron chi connectivity index (χ2n) is 4.63. The van der Waals surface area contributed by atoms with Crippen LogP contribution in [-0.2, 0) is 10.2 Å². The molecule has 1 heterocycles. The zero-order chi connectivity index (χ0) is 11.3. The first-order chi connectivity index (χ1) is 7.87. The maximum atomic E-state index is 5.07. The van der Waals surface area contributed by atoms with E-state index in [1.165, 1.54) is 25.7 Å². The van der Waals surface area contributed by atoms with Gasteiger partial charge in [-0.3, -0.25) is 0 Å². The quantitative estimate of drug-likeness (QED) is 0.771. The van der Waals surface area contributed by atoms with Crippen molar-refractivity contribution >= 4 is 11.3 Å². The first-order valence-electron chi connectivity index (χ1n) is 6.11. The lowest BCUT2D eigenvalue weighted by Crippen LogP contribution is -2.36. The summed E-state index contributed by atoms with van der Waals surface area (Å²) in [6.07, 6.45) is 5.44. The van der Waals surface area contributed by atoms with E-state index in [1.807, 2.05) is 11.3 Å². The molecule has 0 aliphatic heterocycles. The lowest BCUT2D eigenvalue weighted by atomic mass is 9.84. The van der Waals surface area contributed by atoms with Gasteiger partial charge in [0, 0.05) is 30.5 Å². The molecule has 2 nitrogen and oxygen atoms in total. The second kappa shape index (κ2) is 5.80. The van der Waals surface area contributed by atoms with Crippen LogP contribution in [0.5, 0.6) is 0 Å². The van der Waals surface area contributed by atoms with Crippen molar-refractivity contribution in [2.24, 2.45) is 0 Å². The van der Waals surface area contributed by atoms with Crippen LogP contribution >= 0.6 is 11.3 Å². The number of methoxy groups -OCH3 is 1. The average molecular weight is 239 g/mol. The molecular formula is C13H21NOS. The summed E-state index contributed by atoms with van der Waals surface area (Å²) in [4.78, 5) is 1.56. The summed E-state index contributed by atoms with van der Waals surface area (Å²) < 4.78 is 5.07. The molecule has 1 fully saturated rings. The van der Waals surface area contributed by atoms with Gasteiger partial charge in [-0.15, -0.1) is 11.3 Å². The average Bonchev–Trinajstić information content (AvgIpc) is 2.95. The summed E-state index contributed by atoms with van der Waals surface area (Å²) in [7, 11) is 1.76. The van der Waals surface area contributed by atoms with E-state index in [9.17, 15) is 0 Å². The highest BCUT2D eigenvalue weighted by atomic mass is 32.1. The van der Waals surface area contributed by atoms with E-state index in [4.69, 9.17) is 4.74 Å². The molecule has 1 aliphatic rings. The molecule has 90 valence electrons. The van der Waals surface area contributed by atoms with E-state index in [-0.39, 0.29) is 0 Å². The van der Waals surface area contributed by atoms with Gasteiger partial charge in [0.25, 0.3) is 0 Å². The first kappa shape index (κ1) is 12.1. The molecule has 2 rings (SSSR count). The van der Waals surface area contributed by atoms with Crippen LogP contribution in [0.15, 0.2) is 17.5 Å². The minimum Gasteiger partial charge on any atom is -0.383 e. The van der Waals surface area contributed by atoms with Crippen LogP contribution in [0.25, 0.3) is 0 Å². The van der Waals surface area contributed by atoms with E-state index in [1.54, 1.807) is 12.0 Å². The molecule has 3 heteroatoms. The van der Waals surface area contributed by atoms with E-state index >= 15 is 0 Å². The molecule has 0 aromatic carbocycles. The van der Waals surface area contributed by atoms with Crippen molar-refractivity contribution in [3.8, 4) is 0 Å². The monoisotopic (exact) mass is 239 g/mol. The normalized spacial score (nSPS) is 19.1. The summed E-state index contributed by atoms with van der Waals surface area (Å²) in [6, 6.07) is 4.48. The van der Waals surface area contributed by atoms with E-state index < -0.39 is 0 Å². The van der Waals surface area contributed by atoms with Gasteiger partial charge in [-0.05, 0) is 24.3 Å². The van der Waals surface area contributed by atoms with Gasteiger partial charge in [0.05, 0.1) is 6.61 Å². The highest BCUT2D eigenvalue weighted by Gasteiger charge is 2.35. The number of hydrogen-bond donors (Lipinski definition) is 1. The van der Waals surface area contributed by atoms with Gasteiger partial charge in [-0.25, -0.2) is 0 Å². The largest absolute Gasteiger partial charge is 0.383 e. The van der Waals surface area contributed by atoms with Crippen LogP contribution in [0.4, 0.5) is 0 Å². The zero-order valence-corrected chi connectivity index (χ0v) is 10.8. The summed E-state index contributed by atoms with van der Waals surface area (Å²) in [5, 5.41) is 5.74. The van der Waals surface area contributed by atoms with E-state index in [0.29, 0.717) is 5.41 Å². The maximum absolute atomic E-state index is 5.07. The topological polar surface area (TPSA) is 21.3 Å². The Kier molecular flexibility index (Phi) is 4.38. The van der Waals surface area contributed by atoms with Crippen molar-refractivity contribution in [3.05, 3.63) is 22.4 Å². The van der Waals surface area contributed by atoms with Crippen molar-refractivity contribution in [2.75, 3.05) is 26.8 Å². The van der Waals surface area contributed by atoms with Crippen molar-refractivity contribution < 1.29 is 4.74 Å². The third-order valence-corrected chi connectivity index (χ3v) is 4.67. The molecule has 1 N–H and O–H groups in total. The fraction of sp³-hybridized carbons (Fsp3) is 0.692. The predicted octanol–water partition coefficient (Wildman–Crippen LogP) is 2.80. The summed E-state index contributed by atoms with van der Waals surface area (Å²) in [6.45, 7) is 2.88. The smallest absolute Gasteiger partial charge is 0.0587 e. The fourth-order valence-corrected chi connectivity index (χ4v) is 3.63. The molecule has 0 unspecified atom stereocenters. The fourth-order valence-electron chi connectivity index (χ4n) is 2.64. The highest BCUT2D eigenvalue weighted by Crippen LogP contribution is 2.42. The van der Waals surface area contributed by atoms with E-state index in [0.717, 1.165) is 19.7 Å². The Morgan fingerprint density at radius 2 is 2.25 bits per heavy atom. The van der Waals surface area contributed by atoms with Gasteiger partial charge < -0.3 is 10.1 Å². The first-order valence-corrected chi connectivity index (χ1v) is 6.99. The summed E-state index contributed by atoms with van der Waals surface area (Å²) >= 11 is 1.91. The number of hydrogen-bond acceptors (Lipinski definition) is 3. The highest BCUT2D eigenvalue weighted by molar-refractivity contribution is 7.10. The Morgan fingerprint density at radius 3 is 2.88 bits per heavy atom. The van der Waals surface area contributed by atoms with Gasteiger partial charge in [0.2, 0.25) is 0 Å². The van der Waals surface area contributed by atoms with Gasteiger partial charge in [0.1, 0.15) is 0 Å². The van der Waals surface area contributed by atoms with Gasteiger partial charge in [-0.2, -0.15) is 0 Å². The van der Waals surface area contributed by atoms with Crippen LogP contribution < -0.4 is 5.32 Å². The molecule has 0 atom stereocenters. The Hall–Kier alpha value is -0.380. The lowest BCUT2D eigenvalue weighted by molar-refractivity contribution is 0.196. The minimum absolute atomic E-state index is 0.419. The lowest BCUT2D eigenvalue weighted by Gasteiger charge is -2.28. The number of nitrogens with one attached hydrogen (secondary N) is 1. The van der Waals surface area contributed by atoms with Crippen molar-refractivity contribution in [2.45, 2.75) is 31.1 Å². The second-order valence-corrected chi connectivity index (χ2v) is 5.58. The molecule has 1 aromatic heterocycles. The van der Waals surface area contributed by atoms with Crippen LogP contribution in [-0.4, -0.2) is 26.8 Å². The van der Waals surface area contributed by atoms with Crippen LogP contribution in [0.3, 0.4) is 0 Å². The number of thiophene rings is 1. The van der Waals surface area contributed by atoms with Crippen LogP contribution in [0.1, 0.15) is 30.6 Å². The van der Waals surface area contributed by atoms with Gasteiger partial charge in [0.15, 0.2) is 0 Å². The minimum atomic E-state index is 0.419. The molecular weight excluding hydrogens is 218 g/mol. The molecule has 1 saturated carbocycles. The van der Waals surface area contributed by atoms with Crippen LogP contribution in [0.2, 0.25) is 0 Å². The van der Waals surface area contributed by atoms with Crippen molar-refractivity contribution in [3.63, 3.8) is 0 Å². The molecule has 1 aliphatic carbocycles. The van der Waals surface area contributed by atoms with Crippen molar-refractivity contribution in [1.29, 1.82) is 0 Å². The summed E-state index contributed by atoms with van der Waals surface area (Å²) in [5.41, 5.74) is 0.419. The van der Waals surface area contributed by atoms with Crippen LogP contribution in [0, 0.1) is 0 Å². The van der Waals surface area contributed by atoms with Gasteiger partial charge in [-0.1, -0.05) is 18.9 Å². The SMILES string of the molecule is COCCNCC1(c2cccs2)CCCC1. The Morgan fingerprint density at radius 1 is 1.44 bits per heavy atom. The Balaban J connectivity index is 1.94. The molecule has 1 aromatic rings. The molecule has 0 bridgehead atoms. The molecule has 0 radical (unpaired) electrons. The molecule has 0 spiro atoms. The van der Waals surface area contributed by atoms with Gasteiger partial charge >= 0.3 is 0 Å². The zero-order valence-electron chi connectivity index (χ0n) is 10.00. The van der Waals surface area contributed by atoms with E-state index in [2.05, 4.69) is 22.8 Å². The summed E-state index contributed by atoms with van der Waals surface area (Å²) in [5.74, 6) is 0.